The lowest BCUT2D eigenvalue weighted by atomic mass is 9.99. The third kappa shape index (κ3) is 5.14. The maximum Gasteiger partial charge on any atom is 0.234 e. The topological polar surface area (TPSA) is 48.5 Å². The van der Waals surface area contributed by atoms with Crippen LogP contribution < -0.4 is 5.32 Å². The number of thiazole rings is 1. The number of piperidine rings is 1. The maximum atomic E-state index is 12.7. The van der Waals surface area contributed by atoms with Gasteiger partial charge in [0.15, 0.2) is 0 Å². The highest BCUT2D eigenvalue weighted by atomic mass is 32.1. The first-order chi connectivity index (χ1) is 15.2. The van der Waals surface area contributed by atoms with Crippen molar-refractivity contribution in [1.29, 1.82) is 0 Å². The highest BCUT2D eigenvalue weighted by Crippen LogP contribution is 2.32. The molecule has 2 saturated heterocycles. The lowest BCUT2D eigenvalue weighted by Gasteiger charge is -2.31. The van der Waals surface area contributed by atoms with Crippen molar-refractivity contribution in [2.24, 2.45) is 0 Å². The van der Waals surface area contributed by atoms with Crippen molar-refractivity contribution in [2.75, 3.05) is 32.7 Å². The van der Waals surface area contributed by atoms with Crippen molar-refractivity contribution < 1.29 is 4.79 Å². The lowest BCUT2D eigenvalue weighted by molar-refractivity contribution is -0.123. The Balaban J connectivity index is 1.11. The lowest BCUT2D eigenvalue weighted by Crippen LogP contribution is -2.45. The van der Waals surface area contributed by atoms with Gasteiger partial charge in [0.25, 0.3) is 0 Å². The van der Waals surface area contributed by atoms with E-state index >= 15 is 0 Å². The number of likely N-dealkylation sites (tertiary alicyclic amines) is 2. The molecule has 2 aliphatic rings. The average molecular weight is 435 g/mol. The summed E-state index contributed by atoms with van der Waals surface area (Å²) in [5, 5.41) is 4.50. The summed E-state index contributed by atoms with van der Waals surface area (Å²) in [4.78, 5) is 22.3. The molecule has 31 heavy (non-hydrogen) atoms. The molecule has 2 aromatic carbocycles. The molecular weight excluding hydrogens is 404 g/mol. The summed E-state index contributed by atoms with van der Waals surface area (Å²) in [5.74, 6) is 0.600. The zero-order chi connectivity index (χ0) is 21.0. The summed E-state index contributed by atoms with van der Waals surface area (Å²) in [5.41, 5.74) is 2.43. The maximum absolute atomic E-state index is 12.7. The number of fused-ring (bicyclic) bond motifs is 1. The van der Waals surface area contributed by atoms with Crippen LogP contribution in [0.4, 0.5) is 0 Å². The third-order valence-corrected chi connectivity index (χ3v) is 7.62. The number of rotatable bonds is 6. The van der Waals surface area contributed by atoms with Crippen LogP contribution in [0.3, 0.4) is 0 Å². The normalized spacial score (nSPS) is 22.7. The van der Waals surface area contributed by atoms with Gasteiger partial charge in [-0.2, -0.15) is 0 Å². The van der Waals surface area contributed by atoms with Crippen molar-refractivity contribution in [3.8, 4) is 0 Å². The second-order valence-corrected chi connectivity index (χ2v) is 9.93. The largest absolute Gasteiger partial charge is 0.351 e. The van der Waals surface area contributed by atoms with E-state index in [0.29, 0.717) is 12.5 Å². The number of hydrogen-bond acceptors (Lipinski definition) is 5. The zero-order valence-electron chi connectivity index (χ0n) is 17.9. The van der Waals surface area contributed by atoms with Gasteiger partial charge in [-0.1, -0.05) is 42.5 Å². The summed E-state index contributed by atoms with van der Waals surface area (Å²) in [6, 6.07) is 19.2. The molecule has 0 aliphatic carbocycles. The second-order valence-electron chi connectivity index (χ2n) is 8.87. The number of carbonyl (C=O) groups is 1. The van der Waals surface area contributed by atoms with Gasteiger partial charge in [0, 0.05) is 38.1 Å². The predicted octanol–water partition coefficient (Wildman–Crippen LogP) is 3.87. The van der Waals surface area contributed by atoms with Gasteiger partial charge in [0.1, 0.15) is 0 Å². The van der Waals surface area contributed by atoms with Crippen LogP contribution in [0.1, 0.15) is 35.8 Å². The average Bonchev–Trinajstić information content (AvgIpc) is 3.41. The molecule has 3 heterocycles. The van der Waals surface area contributed by atoms with Gasteiger partial charge in [-0.15, -0.1) is 11.3 Å². The molecule has 2 fully saturated rings. The van der Waals surface area contributed by atoms with E-state index in [1.807, 2.05) is 17.4 Å². The Morgan fingerprint density at radius 2 is 1.84 bits per heavy atom. The first kappa shape index (κ1) is 20.6. The molecule has 2 aliphatic heterocycles. The Kier molecular flexibility index (Phi) is 6.30. The number of hydrogen-bond donors (Lipinski definition) is 1. The van der Waals surface area contributed by atoms with Gasteiger partial charge < -0.3 is 5.32 Å². The van der Waals surface area contributed by atoms with Crippen LogP contribution >= 0.6 is 11.3 Å². The van der Waals surface area contributed by atoms with Crippen LogP contribution in [-0.2, 0) is 11.3 Å². The van der Waals surface area contributed by atoms with E-state index in [1.54, 1.807) is 0 Å². The molecule has 5 rings (SSSR count). The highest BCUT2D eigenvalue weighted by Gasteiger charge is 2.27. The zero-order valence-corrected chi connectivity index (χ0v) is 18.7. The number of carbonyl (C=O) groups excluding carboxylic acids is 1. The molecule has 0 spiro atoms. The van der Waals surface area contributed by atoms with Gasteiger partial charge >= 0.3 is 0 Å². The van der Waals surface area contributed by atoms with Crippen molar-refractivity contribution in [3.05, 3.63) is 65.2 Å². The van der Waals surface area contributed by atoms with Crippen molar-refractivity contribution in [2.45, 2.75) is 37.8 Å². The number of nitrogens with zero attached hydrogens (tertiary/aromatic N) is 3. The Labute approximate surface area is 188 Å². The first-order valence-corrected chi connectivity index (χ1v) is 12.2. The molecular formula is C25H30N4OS. The molecule has 0 radical (unpaired) electrons. The van der Waals surface area contributed by atoms with E-state index in [9.17, 15) is 4.79 Å². The number of benzene rings is 2. The van der Waals surface area contributed by atoms with E-state index in [2.05, 4.69) is 63.6 Å². The number of aromatic nitrogens is 1. The molecule has 1 N–H and O–H groups in total. The molecule has 0 unspecified atom stereocenters. The Hall–Kier alpha value is -2.28. The minimum absolute atomic E-state index is 0.163. The Bertz CT molecular complexity index is 988. The van der Waals surface area contributed by atoms with Crippen LogP contribution in [0, 0.1) is 0 Å². The van der Waals surface area contributed by atoms with E-state index < -0.39 is 0 Å². The van der Waals surface area contributed by atoms with Crippen LogP contribution in [0.2, 0.25) is 0 Å². The van der Waals surface area contributed by atoms with E-state index in [1.165, 1.54) is 15.3 Å². The minimum Gasteiger partial charge on any atom is -0.351 e. The van der Waals surface area contributed by atoms with Crippen LogP contribution in [-0.4, -0.2) is 59.5 Å². The second kappa shape index (κ2) is 9.47. The van der Waals surface area contributed by atoms with E-state index in [4.69, 9.17) is 4.98 Å². The van der Waals surface area contributed by atoms with Gasteiger partial charge in [-0.25, -0.2) is 4.98 Å². The summed E-state index contributed by atoms with van der Waals surface area (Å²) < 4.78 is 1.26. The van der Waals surface area contributed by atoms with Crippen LogP contribution in [0.15, 0.2) is 54.6 Å². The SMILES string of the molecule is O=C(CN1CCC[C@@H](c2nc3ccccc3s2)C1)N[C@H]1CCN(Cc2ccccc2)C1. The monoisotopic (exact) mass is 434 g/mol. The van der Waals surface area contributed by atoms with Crippen LogP contribution in [0.5, 0.6) is 0 Å². The van der Waals surface area contributed by atoms with Crippen molar-refractivity contribution in [3.63, 3.8) is 0 Å². The molecule has 3 aromatic rings. The first-order valence-electron chi connectivity index (χ1n) is 11.4. The predicted molar refractivity (Wildman–Crippen MR) is 126 cm³/mol. The number of nitrogens with one attached hydrogen (secondary N) is 1. The van der Waals surface area contributed by atoms with Crippen molar-refractivity contribution >= 4 is 27.5 Å². The number of amides is 1. The summed E-state index contributed by atoms with van der Waals surface area (Å²) in [6.45, 7) is 5.37. The van der Waals surface area contributed by atoms with Gasteiger partial charge in [-0.3, -0.25) is 14.6 Å². The van der Waals surface area contributed by atoms with Gasteiger partial charge in [0.2, 0.25) is 5.91 Å². The molecule has 0 bridgehead atoms. The van der Waals surface area contributed by atoms with Gasteiger partial charge in [-0.05, 0) is 43.5 Å². The fraction of sp³-hybridized carbons (Fsp3) is 0.440. The highest BCUT2D eigenvalue weighted by molar-refractivity contribution is 7.18. The summed E-state index contributed by atoms with van der Waals surface area (Å²) >= 11 is 1.81. The van der Waals surface area contributed by atoms with Crippen LogP contribution in [0.25, 0.3) is 10.2 Å². The van der Waals surface area contributed by atoms with Crippen molar-refractivity contribution in [1.82, 2.24) is 20.1 Å². The van der Waals surface area contributed by atoms with Gasteiger partial charge in [0.05, 0.1) is 21.8 Å². The summed E-state index contributed by atoms with van der Waals surface area (Å²) in [6.07, 6.45) is 3.32. The minimum atomic E-state index is 0.163. The standard InChI is InChI=1S/C25H30N4OS/c30-24(26-21-12-14-29(17-21)15-19-7-2-1-3-8-19)18-28-13-6-9-20(16-28)25-27-22-10-4-5-11-23(22)31-25/h1-5,7-8,10-11,20-21H,6,9,12-18H2,(H,26,30)/t20-,21+/m1/s1. The molecule has 2 atom stereocenters. The van der Waals surface area contributed by atoms with E-state index in [0.717, 1.165) is 57.5 Å². The smallest absolute Gasteiger partial charge is 0.234 e. The molecule has 5 nitrogen and oxygen atoms in total. The Morgan fingerprint density at radius 1 is 1.00 bits per heavy atom. The number of para-hydroxylation sites is 1. The molecule has 0 saturated carbocycles. The fourth-order valence-corrected chi connectivity index (χ4v) is 5.97. The molecule has 1 aromatic heterocycles. The molecule has 162 valence electrons. The van der Waals surface area contributed by atoms with E-state index in [-0.39, 0.29) is 11.9 Å². The fourth-order valence-electron chi connectivity index (χ4n) is 4.88. The molecule has 1 amide bonds. The molecule has 6 heteroatoms. The summed E-state index contributed by atoms with van der Waals surface area (Å²) in [7, 11) is 0. The quantitative estimate of drug-likeness (QED) is 0.640. The Morgan fingerprint density at radius 3 is 2.71 bits per heavy atom. The third-order valence-electron chi connectivity index (χ3n) is 6.42.